The van der Waals surface area contributed by atoms with Crippen molar-refractivity contribution in [3.63, 3.8) is 0 Å². The highest BCUT2D eigenvalue weighted by Crippen LogP contribution is 2.38. The Hall–Kier alpha value is -1.08. The molecule has 2 aliphatic rings. The van der Waals surface area contributed by atoms with E-state index in [1.807, 2.05) is 6.07 Å². The minimum absolute atomic E-state index is 0.0578. The van der Waals surface area contributed by atoms with Crippen molar-refractivity contribution in [1.29, 1.82) is 5.26 Å². The Bertz CT molecular complexity index is 331. The number of amidine groups is 1. The SMILES string of the molecule is N#CC(N)=NC1CCC(C2CCC(O)CC2)CC1. The summed E-state index contributed by atoms with van der Waals surface area (Å²) in [6.07, 6.45) is 8.78. The van der Waals surface area contributed by atoms with Gasteiger partial charge in [-0.05, 0) is 63.2 Å². The van der Waals surface area contributed by atoms with E-state index < -0.39 is 0 Å². The highest BCUT2D eigenvalue weighted by Gasteiger charge is 2.30. The molecule has 2 aliphatic carbocycles. The lowest BCUT2D eigenvalue weighted by molar-refractivity contribution is 0.0807. The first-order valence-electron chi connectivity index (χ1n) is 7.10. The second kappa shape index (κ2) is 6.19. The summed E-state index contributed by atoms with van der Waals surface area (Å²) < 4.78 is 0. The summed E-state index contributed by atoms with van der Waals surface area (Å²) in [5.41, 5.74) is 5.46. The van der Waals surface area contributed by atoms with E-state index >= 15 is 0 Å². The van der Waals surface area contributed by atoms with Crippen LogP contribution in [-0.4, -0.2) is 23.1 Å². The van der Waals surface area contributed by atoms with Crippen molar-refractivity contribution in [1.82, 2.24) is 0 Å². The standard InChI is InChI=1S/C14H23N3O/c15-9-14(16)17-12-5-1-10(2-6-12)11-3-7-13(18)8-4-11/h10-13,18H,1-8H2,(H2,16,17). The van der Waals surface area contributed by atoms with Crippen molar-refractivity contribution in [2.75, 3.05) is 0 Å². The smallest absolute Gasteiger partial charge is 0.199 e. The normalized spacial score (nSPS) is 38.1. The predicted octanol–water partition coefficient (Wildman–Crippen LogP) is 1.98. The van der Waals surface area contributed by atoms with Crippen LogP contribution in [0.25, 0.3) is 0 Å². The van der Waals surface area contributed by atoms with Crippen molar-refractivity contribution in [2.24, 2.45) is 22.6 Å². The average Bonchev–Trinajstić information content (AvgIpc) is 2.40. The Labute approximate surface area is 109 Å². The number of nitrogens with zero attached hydrogens (tertiary/aromatic N) is 2. The molecule has 2 fully saturated rings. The maximum Gasteiger partial charge on any atom is 0.199 e. The van der Waals surface area contributed by atoms with Gasteiger partial charge >= 0.3 is 0 Å². The zero-order valence-electron chi connectivity index (χ0n) is 10.9. The molecule has 0 radical (unpaired) electrons. The quantitative estimate of drug-likeness (QED) is 0.580. The lowest BCUT2D eigenvalue weighted by Crippen LogP contribution is -2.28. The fourth-order valence-corrected chi connectivity index (χ4v) is 3.50. The minimum Gasteiger partial charge on any atom is -0.393 e. The number of rotatable bonds is 2. The lowest BCUT2D eigenvalue weighted by Gasteiger charge is -2.36. The van der Waals surface area contributed by atoms with Gasteiger partial charge in [-0.2, -0.15) is 5.26 Å². The van der Waals surface area contributed by atoms with Crippen molar-refractivity contribution < 1.29 is 5.11 Å². The van der Waals surface area contributed by atoms with Crippen LogP contribution in [0.1, 0.15) is 51.4 Å². The van der Waals surface area contributed by atoms with E-state index in [9.17, 15) is 5.11 Å². The third kappa shape index (κ3) is 3.46. The molecule has 2 rings (SSSR count). The topological polar surface area (TPSA) is 82.4 Å². The monoisotopic (exact) mass is 249 g/mol. The van der Waals surface area contributed by atoms with Gasteiger partial charge in [-0.15, -0.1) is 0 Å². The van der Waals surface area contributed by atoms with Crippen molar-refractivity contribution in [3.05, 3.63) is 0 Å². The third-order valence-electron chi connectivity index (χ3n) is 4.59. The molecule has 4 nitrogen and oxygen atoms in total. The minimum atomic E-state index is -0.0578. The molecule has 0 atom stereocenters. The molecule has 0 heterocycles. The van der Waals surface area contributed by atoms with Gasteiger partial charge in [0.1, 0.15) is 6.07 Å². The summed E-state index contributed by atoms with van der Waals surface area (Å²) in [5, 5.41) is 18.1. The molecule has 100 valence electrons. The summed E-state index contributed by atoms with van der Waals surface area (Å²) in [5.74, 6) is 1.72. The number of aliphatic imine (C=N–C) groups is 1. The molecule has 3 N–H and O–H groups in total. The number of aliphatic hydroxyl groups excluding tert-OH is 1. The van der Waals surface area contributed by atoms with Crippen LogP contribution in [0, 0.1) is 23.2 Å². The van der Waals surface area contributed by atoms with Gasteiger partial charge in [0.2, 0.25) is 0 Å². The van der Waals surface area contributed by atoms with Crippen LogP contribution in [0.5, 0.6) is 0 Å². The van der Waals surface area contributed by atoms with Crippen LogP contribution in [0.2, 0.25) is 0 Å². The van der Waals surface area contributed by atoms with Crippen LogP contribution in [0.15, 0.2) is 4.99 Å². The third-order valence-corrected chi connectivity index (χ3v) is 4.59. The molecule has 0 aromatic carbocycles. The van der Waals surface area contributed by atoms with E-state index in [4.69, 9.17) is 11.0 Å². The Morgan fingerprint density at radius 2 is 1.50 bits per heavy atom. The van der Waals surface area contributed by atoms with Gasteiger partial charge in [0.15, 0.2) is 5.84 Å². The molecule has 0 aromatic rings. The Balaban J connectivity index is 1.78. The Morgan fingerprint density at radius 1 is 1.00 bits per heavy atom. The van der Waals surface area contributed by atoms with E-state index in [1.54, 1.807) is 0 Å². The van der Waals surface area contributed by atoms with Crippen molar-refractivity contribution in [2.45, 2.75) is 63.5 Å². The average molecular weight is 249 g/mol. The van der Waals surface area contributed by atoms with Crippen LogP contribution in [0.4, 0.5) is 0 Å². The Kier molecular flexibility index (Phi) is 4.60. The molecule has 0 aromatic heterocycles. The van der Waals surface area contributed by atoms with Crippen LogP contribution in [-0.2, 0) is 0 Å². The van der Waals surface area contributed by atoms with Crippen LogP contribution >= 0.6 is 0 Å². The largest absolute Gasteiger partial charge is 0.393 e. The highest BCUT2D eigenvalue weighted by molar-refractivity contribution is 5.95. The van der Waals surface area contributed by atoms with Crippen molar-refractivity contribution in [3.8, 4) is 6.07 Å². The van der Waals surface area contributed by atoms with E-state index in [1.165, 1.54) is 25.7 Å². The molecule has 0 amide bonds. The van der Waals surface area contributed by atoms with Crippen molar-refractivity contribution >= 4 is 5.84 Å². The van der Waals surface area contributed by atoms with Gasteiger partial charge in [0, 0.05) is 0 Å². The molecule has 18 heavy (non-hydrogen) atoms. The molecule has 0 spiro atoms. The van der Waals surface area contributed by atoms with Gasteiger partial charge in [-0.1, -0.05) is 0 Å². The fourth-order valence-electron chi connectivity index (χ4n) is 3.50. The first-order valence-corrected chi connectivity index (χ1v) is 7.10. The van der Waals surface area contributed by atoms with Gasteiger partial charge < -0.3 is 10.8 Å². The molecule has 0 unspecified atom stereocenters. The second-order valence-corrected chi connectivity index (χ2v) is 5.76. The maximum atomic E-state index is 9.53. The molecular weight excluding hydrogens is 226 g/mol. The van der Waals surface area contributed by atoms with Gasteiger partial charge in [-0.25, -0.2) is 0 Å². The summed E-state index contributed by atoms with van der Waals surface area (Å²) in [6.45, 7) is 0. The van der Waals surface area contributed by atoms with Gasteiger partial charge in [0.25, 0.3) is 0 Å². The van der Waals surface area contributed by atoms with Gasteiger partial charge in [0.05, 0.1) is 12.1 Å². The number of aliphatic hydroxyl groups is 1. The first kappa shape index (κ1) is 13.4. The maximum absolute atomic E-state index is 9.53. The highest BCUT2D eigenvalue weighted by atomic mass is 16.3. The molecule has 2 saturated carbocycles. The molecule has 4 heteroatoms. The van der Waals surface area contributed by atoms with E-state index in [0.717, 1.165) is 37.5 Å². The Morgan fingerprint density at radius 3 is 2.00 bits per heavy atom. The summed E-state index contributed by atoms with van der Waals surface area (Å²) in [6, 6.07) is 2.15. The predicted molar refractivity (Wildman–Crippen MR) is 70.9 cm³/mol. The number of nitrogens with two attached hydrogens (primary N) is 1. The molecular formula is C14H23N3O. The lowest BCUT2D eigenvalue weighted by atomic mass is 9.72. The zero-order chi connectivity index (χ0) is 13.0. The van der Waals surface area contributed by atoms with Crippen LogP contribution in [0.3, 0.4) is 0 Å². The fraction of sp³-hybridized carbons (Fsp3) is 0.857. The van der Waals surface area contributed by atoms with E-state index in [-0.39, 0.29) is 18.0 Å². The van der Waals surface area contributed by atoms with E-state index in [2.05, 4.69) is 4.99 Å². The molecule has 0 saturated heterocycles. The summed E-state index contributed by atoms with van der Waals surface area (Å²) >= 11 is 0. The molecule has 0 bridgehead atoms. The van der Waals surface area contributed by atoms with E-state index in [0.29, 0.717) is 0 Å². The number of hydrogen-bond acceptors (Lipinski definition) is 3. The van der Waals surface area contributed by atoms with Crippen LogP contribution < -0.4 is 5.73 Å². The summed E-state index contributed by atoms with van der Waals surface area (Å²) in [7, 11) is 0. The van der Waals surface area contributed by atoms with Gasteiger partial charge in [-0.3, -0.25) is 4.99 Å². The number of nitriles is 1. The molecule has 0 aliphatic heterocycles. The number of hydrogen-bond donors (Lipinski definition) is 2. The second-order valence-electron chi connectivity index (χ2n) is 5.76. The zero-order valence-corrected chi connectivity index (χ0v) is 10.9. The first-order chi connectivity index (χ1) is 8.69. The summed E-state index contributed by atoms with van der Waals surface area (Å²) in [4.78, 5) is 4.24.